The molecule has 2 aromatic carbocycles. The molecule has 3 atom stereocenters. The highest BCUT2D eigenvalue weighted by molar-refractivity contribution is 8.01. The lowest BCUT2D eigenvalue weighted by atomic mass is 9.88. The zero-order valence-corrected chi connectivity index (χ0v) is 24.7. The first-order valence-electron chi connectivity index (χ1n) is 13.3. The minimum absolute atomic E-state index is 0.223. The molecule has 0 aliphatic carbocycles. The minimum Gasteiger partial charge on any atom is -0.451 e. The zero-order valence-electron chi connectivity index (χ0n) is 23.0. The third kappa shape index (κ3) is 5.61. The Labute approximate surface area is 250 Å². The second-order valence-corrected chi connectivity index (χ2v) is 14.0. The van der Waals surface area contributed by atoms with Crippen LogP contribution in [0.15, 0.2) is 60.7 Å². The van der Waals surface area contributed by atoms with Gasteiger partial charge in [-0.15, -0.1) is 11.8 Å². The van der Waals surface area contributed by atoms with Crippen molar-refractivity contribution in [1.82, 2.24) is 9.80 Å². The van der Waals surface area contributed by atoms with E-state index in [0.29, 0.717) is 24.1 Å². The van der Waals surface area contributed by atoms with E-state index in [9.17, 15) is 36.0 Å². The maximum absolute atomic E-state index is 13.8. The molecule has 14 heteroatoms. The van der Waals surface area contributed by atoms with Crippen LogP contribution < -0.4 is 0 Å². The van der Waals surface area contributed by atoms with E-state index >= 15 is 0 Å². The SMILES string of the molecule is CC1(C)S[C@H]2N(C(=O)[C@@]2(C#CCN2CCCC2=O)OS(=O)(=O)C(F)(F)F)[C@H]1C(=O)OC(c1ccccc1)c1ccccc1. The molecule has 0 saturated carbocycles. The maximum Gasteiger partial charge on any atom is 0.523 e. The van der Waals surface area contributed by atoms with E-state index < -0.39 is 55.4 Å². The fraction of sp³-hybridized carbons (Fsp3) is 0.414. The number of carbonyl (C=O) groups is 3. The van der Waals surface area contributed by atoms with Gasteiger partial charge in [0.1, 0.15) is 11.4 Å². The molecule has 5 rings (SSSR count). The fourth-order valence-electron chi connectivity index (χ4n) is 5.35. The largest absolute Gasteiger partial charge is 0.523 e. The van der Waals surface area contributed by atoms with Gasteiger partial charge >= 0.3 is 21.6 Å². The topological polar surface area (TPSA) is 110 Å². The number of benzene rings is 2. The van der Waals surface area contributed by atoms with Gasteiger partial charge in [-0.2, -0.15) is 21.6 Å². The Hall–Kier alpha value is -3.54. The summed E-state index contributed by atoms with van der Waals surface area (Å²) in [6.45, 7) is 3.32. The molecule has 2 aromatic rings. The van der Waals surface area contributed by atoms with Crippen molar-refractivity contribution >= 4 is 39.7 Å². The molecule has 43 heavy (non-hydrogen) atoms. The lowest BCUT2D eigenvalue weighted by Gasteiger charge is -2.48. The van der Waals surface area contributed by atoms with E-state index in [1.807, 2.05) is 0 Å². The van der Waals surface area contributed by atoms with Gasteiger partial charge < -0.3 is 14.5 Å². The molecule has 0 bridgehead atoms. The zero-order chi connectivity index (χ0) is 31.2. The van der Waals surface area contributed by atoms with Crippen LogP contribution in [0.3, 0.4) is 0 Å². The van der Waals surface area contributed by atoms with Crippen LogP contribution in [-0.2, 0) is 33.4 Å². The number of ether oxygens (including phenoxy) is 1. The molecule has 2 amide bonds. The summed E-state index contributed by atoms with van der Waals surface area (Å²) >= 11 is 0.882. The number of halogens is 3. The van der Waals surface area contributed by atoms with E-state index in [2.05, 4.69) is 16.0 Å². The van der Waals surface area contributed by atoms with Gasteiger partial charge in [0.05, 0.1) is 6.54 Å². The summed E-state index contributed by atoms with van der Waals surface area (Å²) in [5.74, 6) is 2.51. The van der Waals surface area contributed by atoms with Crippen molar-refractivity contribution in [2.24, 2.45) is 0 Å². The molecule has 3 heterocycles. The average molecular weight is 637 g/mol. The van der Waals surface area contributed by atoms with Gasteiger partial charge in [0.25, 0.3) is 11.5 Å². The number of β-lactam (4-membered cyclic amide) rings is 1. The average Bonchev–Trinajstić information content (AvgIpc) is 3.48. The predicted molar refractivity (Wildman–Crippen MR) is 149 cm³/mol. The summed E-state index contributed by atoms with van der Waals surface area (Å²) in [4.78, 5) is 41.7. The molecular weight excluding hydrogens is 609 g/mol. The van der Waals surface area contributed by atoms with Crippen LogP contribution >= 0.6 is 11.8 Å². The van der Waals surface area contributed by atoms with Crippen molar-refractivity contribution < 1.29 is 44.9 Å². The van der Waals surface area contributed by atoms with Crippen LogP contribution in [0.1, 0.15) is 43.9 Å². The Morgan fingerprint density at radius 3 is 2.16 bits per heavy atom. The molecule has 3 saturated heterocycles. The van der Waals surface area contributed by atoms with Gasteiger partial charge in [0.15, 0.2) is 6.10 Å². The van der Waals surface area contributed by atoms with Crippen molar-refractivity contribution in [3.8, 4) is 11.8 Å². The summed E-state index contributed by atoms with van der Waals surface area (Å²) in [6, 6.07) is 16.4. The number of carbonyl (C=O) groups excluding carboxylic acids is 3. The number of fused-ring (bicyclic) bond motifs is 1. The Bertz CT molecular complexity index is 1550. The van der Waals surface area contributed by atoms with Crippen LogP contribution in [0.4, 0.5) is 13.2 Å². The number of hydrogen-bond acceptors (Lipinski definition) is 8. The van der Waals surface area contributed by atoms with Crippen molar-refractivity contribution in [2.75, 3.05) is 13.1 Å². The van der Waals surface area contributed by atoms with Gasteiger partial charge in [0, 0.05) is 17.7 Å². The number of rotatable bonds is 7. The minimum atomic E-state index is -6.27. The van der Waals surface area contributed by atoms with Crippen LogP contribution in [0, 0.1) is 11.8 Å². The summed E-state index contributed by atoms with van der Waals surface area (Å²) in [6.07, 6.45) is -0.0154. The quantitative estimate of drug-likeness (QED) is 0.149. The number of thioether (sulfide) groups is 1. The molecule has 3 fully saturated rings. The summed E-state index contributed by atoms with van der Waals surface area (Å²) in [5, 5.41) is -1.39. The van der Waals surface area contributed by atoms with Gasteiger partial charge in [-0.3, -0.25) is 9.59 Å². The number of hydrogen-bond donors (Lipinski definition) is 0. The lowest BCUT2D eigenvalue weighted by Crippen LogP contribution is -2.74. The molecule has 3 aliphatic heterocycles. The summed E-state index contributed by atoms with van der Waals surface area (Å²) in [5.41, 5.74) is -7.29. The van der Waals surface area contributed by atoms with Crippen molar-refractivity contribution in [3.63, 3.8) is 0 Å². The number of esters is 1. The second kappa shape index (κ2) is 11.2. The van der Waals surface area contributed by atoms with Crippen LogP contribution in [0.2, 0.25) is 0 Å². The Morgan fingerprint density at radius 1 is 1.07 bits per heavy atom. The first-order chi connectivity index (χ1) is 20.2. The molecule has 0 radical (unpaired) electrons. The third-order valence-corrected chi connectivity index (χ3v) is 10.1. The molecule has 0 unspecified atom stereocenters. The van der Waals surface area contributed by atoms with Crippen molar-refractivity contribution in [2.45, 2.75) is 60.1 Å². The maximum atomic E-state index is 13.8. The number of nitrogens with zero attached hydrogens (tertiary/aromatic N) is 2. The lowest BCUT2D eigenvalue weighted by molar-refractivity contribution is -0.179. The van der Waals surface area contributed by atoms with E-state index in [-0.39, 0.29) is 18.9 Å². The van der Waals surface area contributed by atoms with Crippen LogP contribution in [-0.4, -0.2) is 76.4 Å². The Balaban J connectivity index is 1.47. The molecule has 9 nitrogen and oxygen atoms in total. The number of amides is 2. The highest BCUT2D eigenvalue weighted by atomic mass is 32.2. The highest BCUT2D eigenvalue weighted by Crippen LogP contribution is 2.57. The normalized spacial score (nSPS) is 24.8. The Morgan fingerprint density at radius 2 is 1.65 bits per heavy atom. The van der Waals surface area contributed by atoms with Crippen LogP contribution in [0.5, 0.6) is 0 Å². The van der Waals surface area contributed by atoms with E-state index in [0.717, 1.165) is 16.7 Å². The second-order valence-electron chi connectivity index (χ2n) is 10.8. The van der Waals surface area contributed by atoms with Gasteiger partial charge in [-0.05, 0) is 31.4 Å². The summed E-state index contributed by atoms with van der Waals surface area (Å²) in [7, 11) is -6.27. The van der Waals surface area contributed by atoms with E-state index in [4.69, 9.17) is 4.74 Å². The van der Waals surface area contributed by atoms with Crippen LogP contribution in [0.25, 0.3) is 0 Å². The molecule has 3 aliphatic rings. The Kier molecular flexibility index (Phi) is 8.04. The molecule has 0 N–H and O–H groups in total. The number of alkyl halides is 3. The van der Waals surface area contributed by atoms with Gasteiger partial charge in [0.2, 0.25) is 5.91 Å². The standard InChI is InChI=1S/C29H27F3N2O7S2/c1-27(2)23(24(36)40-22(19-11-5-3-6-12-19)20-13-7-4-8-14-20)34-25(37)28(26(34)42-27,41-43(38,39)29(30,31)32)16-10-18-33-17-9-15-21(33)35/h3-8,11-14,22-23,26H,9,15,17-18H2,1-2H3/t23-,26+,28+/m0/s1. The third-order valence-electron chi connectivity index (χ3n) is 7.41. The number of likely N-dealkylation sites (tertiary alicyclic amines) is 1. The van der Waals surface area contributed by atoms with Gasteiger partial charge in [-0.1, -0.05) is 72.5 Å². The fourth-order valence-corrected chi connectivity index (χ4v) is 7.67. The smallest absolute Gasteiger partial charge is 0.451 e. The van der Waals surface area contributed by atoms with E-state index in [1.54, 1.807) is 74.5 Å². The van der Waals surface area contributed by atoms with E-state index in [1.165, 1.54) is 4.90 Å². The molecular formula is C29H27F3N2O7S2. The monoisotopic (exact) mass is 636 g/mol. The van der Waals surface area contributed by atoms with Crippen molar-refractivity contribution in [1.29, 1.82) is 0 Å². The first kappa shape index (κ1) is 30.9. The molecule has 228 valence electrons. The highest BCUT2D eigenvalue weighted by Gasteiger charge is 2.75. The first-order valence-corrected chi connectivity index (χ1v) is 15.6. The predicted octanol–water partition coefficient (Wildman–Crippen LogP) is 3.61. The van der Waals surface area contributed by atoms with Gasteiger partial charge in [-0.25, -0.2) is 8.98 Å². The van der Waals surface area contributed by atoms with Crippen molar-refractivity contribution in [3.05, 3.63) is 71.8 Å². The molecule has 0 aromatic heterocycles. The molecule has 0 spiro atoms. The summed E-state index contributed by atoms with van der Waals surface area (Å²) < 4.78 is 74.0.